The third-order valence-electron chi connectivity index (χ3n) is 16.0. The summed E-state index contributed by atoms with van der Waals surface area (Å²) in [5.41, 5.74) is 0. The molecule has 0 aliphatic rings. The zero-order chi connectivity index (χ0) is 58.4. The van der Waals surface area contributed by atoms with Crippen LogP contribution in [0.3, 0.4) is 0 Å². The lowest BCUT2D eigenvalue weighted by Gasteiger charge is -2.15. The summed E-state index contributed by atoms with van der Waals surface area (Å²) < 4.78 is 10.8. The summed E-state index contributed by atoms with van der Waals surface area (Å²) in [6.07, 6.45) is 101. The van der Waals surface area contributed by atoms with Gasteiger partial charge in [-0.05, 0) is 70.6 Å². The zero-order valence-corrected chi connectivity index (χ0v) is 54.0. The number of esters is 2. The van der Waals surface area contributed by atoms with Crippen molar-refractivity contribution in [1.29, 1.82) is 0 Å². The van der Waals surface area contributed by atoms with Crippen LogP contribution in [-0.4, -0.2) is 36.4 Å². The maximum Gasteiger partial charge on any atom is 0.306 e. The van der Waals surface area contributed by atoms with Crippen molar-refractivity contribution in [1.82, 2.24) is 0 Å². The zero-order valence-electron chi connectivity index (χ0n) is 54.0. The van der Waals surface area contributed by atoms with Gasteiger partial charge in [-0.3, -0.25) is 9.59 Å². The summed E-state index contributed by atoms with van der Waals surface area (Å²) in [6.45, 7) is 4.07. The molecule has 0 radical (unpaired) electrons. The van der Waals surface area contributed by atoms with Crippen molar-refractivity contribution in [2.24, 2.45) is 0 Å². The van der Waals surface area contributed by atoms with E-state index >= 15 is 0 Å². The van der Waals surface area contributed by atoms with E-state index in [1.807, 2.05) is 0 Å². The first-order valence-electron chi connectivity index (χ1n) is 35.6. The Bertz CT molecular complexity index is 1470. The molecule has 0 rings (SSSR count). The molecular weight excluding hydrogens is 993 g/mol. The molecule has 0 amide bonds. The van der Waals surface area contributed by atoms with E-state index in [2.05, 4.69) is 98.9 Å². The molecule has 0 spiro atoms. The fourth-order valence-electron chi connectivity index (χ4n) is 10.7. The minimum atomic E-state index is -0.780. The Morgan fingerprint density at radius 2 is 0.531 bits per heavy atom. The SMILES string of the molecule is CC/C=C\C/C=C\C/C=C\C/C=C\C/C=C\C/C=C\C/C=C\CCCCCCCCCCCC(=O)OC(CO)COC(=O)CCCCCCCCCCCCCCCCCCCCCCCCCCCCCCCCCCCCCC. The van der Waals surface area contributed by atoms with E-state index < -0.39 is 6.10 Å². The minimum absolute atomic E-state index is 0.0681. The summed E-state index contributed by atoms with van der Waals surface area (Å²) >= 11 is 0. The van der Waals surface area contributed by atoms with E-state index in [-0.39, 0.29) is 25.2 Å². The third kappa shape index (κ3) is 69.5. The Labute approximate surface area is 505 Å². The molecule has 1 N–H and O–H groups in total. The summed E-state index contributed by atoms with van der Waals surface area (Å²) in [5, 5.41) is 9.70. The molecule has 0 heterocycles. The monoisotopic (exact) mass is 1130 g/mol. The van der Waals surface area contributed by atoms with Crippen molar-refractivity contribution in [3.05, 3.63) is 85.1 Å². The second-order valence-corrected chi connectivity index (χ2v) is 23.9. The van der Waals surface area contributed by atoms with Crippen molar-refractivity contribution in [2.75, 3.05) is 13.2 Å². The number of carbonyl (C=O) groups is 2. The lowest BCUT2D eigenvalue weighted by Crippen LogP contribution is -2.28. The summed E-state index contributed by atoms with van der Waals surface area (Å²) in [4.78, 5) is 24.7. The van der Waals surface area contributed by atoms with Gasteiger partial charge in [0.1, 0.15) is 6.61 Å². The van der Waals surface area contributed by atoms with Crippen LogP contribution < -0.4 is 0 Å². The first-order valence-corrected chi connectivity index (χ1v) is 35.6. The summed E-state index contributed by atoms with van der Waals surface area (Å²) in [7, 11) is 0. The number of aliphatic hydroxyl groups excluding tert-OH is 1. The normalized spacial score (nSPS) is 12.7. The Balaban J connectivity index is 3.44. The summed E-state index contributed by atoms with van der Waals surface area (Å²) in [5.74, 6) is -0.585. The van der Waals surface area contributed by atoms with Crippen LogP contribution in [0.15, 0.2) is 85.1 Å². The highest BCUT2D eigenvalue weighted by atomic mass is 16.6. The summed E-state index contributed by atoms with van der Waals surface area (Å²) in [6, 6.07) is 0. The van der Waals surface area contributed by atoms with Crippen molar-refractivity contribution >= 4 is 11.9 Å². The molecule has 81 heavy (non-hydrogen) atoms. The predicted molar refractivity (Wildman–Crippen MR) is 357 cm³/mol. The average Bonchev–Trinajstić information content (AvgIpc) is 3.47. The van der Waals surface area contributed by atoms with Crippen LogP contribution in [0.1, 0.15) is 367 Å². The molecule has 0 aromatic heterocycles. The number of hydrogen-bond donors (Lipinski definition) is 1. The van der Waals surface area contributed by atoms with Gasteiger partial charge >= 0.3 is 11.9 Å². The highest BCUT2D eigenvalue weighted by Gasteiger charge is 2.16. The van der Waals surface area contributed by atoms with Crippen molar-refractivity contribution in [3.8, 4) is 0 Å². The minimum Gasteiger partial charge on any atom is -0.462 e. The molecule has 0 aliphatic carbocycles. The number of aliphatic hydroxyl groups is 1. The van der Waals surface area contributed by atoms with Crippen LogP contribution in [0.5, 0.6) is 0 Å². The van der Waals surface area contributed by atoms with E-state index in [4.69, 9.17) is 9.47 Å². The van der Waals surface area contributed by atoms with Gasteiger partial charge in [-0.2, -0.15) is 0 Å². The Kier molecular flexibility index (Phi) is 68.8. The van der Waals surface area contributed by atoms with Crippen LogP contribution in [0.4, 0.5) is 0 Å². The maximum atomic E-state index is 12.4. The predicted octanol–water partition coefficient (Wildman–Crippen LogP) is 24.8. The van der Waals surface area contributed by atoms with Crippen LogP contribution in [0.25, 0.3) is 0 Å². The molecule has 0 saturated carbocycles. The molecule has 470 valence electrons. The molecule has 1 atom stereocenters. The standard InChI is InChI=1S/C76H136O5/c1-3-5-7-9-11-13-15-17-19-21-23-25-27-29-31-33-35-36-37-38-39-41-42-44-46-48-50-52-54-56-58-60-62-64-66-68-70-75(78)80-73-74(72-77)81-76(79)71-69-67-65-63-61-59-57-55-53-51-49-47-45-43-40-34-32-30-28-26-24-22-20-18-16-14-12-10-8-6-4-2/h6,8,12,14,18,20,24,26,30,32,40,43,47,49,74,77H,3-5,7,9-11,13,15-17,19,21-23,25,27-29,31,33-39,41-42,44-46,48,50-73H2,1-2H3/b8-6-,14-12-,20-18-,26-24-,32-30-,43-40-,49-47-. The van der Waals surface area contributed by atoms with Gasteiger partial charge < -0.3 is 14.6 Å². The number of allylic oxidation sites excluding steroid dienone is 14. The maximum absolute atomic E-state index is 12.4. The van der Waals surface area contributed by atoms with E-state index in [9.17, 15) is 14.7 Å². The molecule has 0 aromatic rings. The van der Waals surface area contributed by atoms with E-state index in [0.29, 0.717) is 12.8 Å². The van der Waals surface area contributed by atoms with Gasteiger partial charge in [0.25, 0.3) is 0 Å². The number of carbonyl (C=O) groups excluding carboxylic acids is 2. The molecule has 0 aromatic carbocycles. The molecule has 5 nitrogen and oxygen atoms in total. The second kappa shape index (κ2) is 71.3. The quantitative estimate of drug-likeness (QED) is 0.0373. The van der Waals surface area contributed by atoms with E-state index in [1.165, 1.54) is 250 Å². The van der Waals surface area contributed by atoms with E-state index in [0.717, 1.165) is 89.9 Å². The fourth-order valence-corrected chi connectivity index (χ4v) is 10.7. The third-order valence-corrected chi connectivity index (χ3v) is 16.0. The second-order valence-electron chi connectivity index (χ2n) is 23.9. The molecule has 1 unspecified atom stereocenters. The van der Waals surface area contributed by atoms with Gasteiger partial charge in [-0.25, -0.2) is 0 Å². The van der Waals surface area contributed by atoms with Crippen molar-refractivity contribution in [2.45, 2.75) is 373 Å². The molecule has 0 saturated heterocycles. The first-order chi connectivity index (χ1) is 40.1. The number of unbranched alkanes of at least 4 members (excludes halogenated alkanes) is 44. The topological polar surface area (TPSA) is 72.8 Å². The van der Waals surface area contributed by atoms with E-state index in [1.54, 1.807) is 0 Å². The van der Waals surface area contributed by atoms with Gasteiger partial charge in [-0.1, -0.05) is 369 Å². The smallest absolute Gasteiger partial charge is 0.306 e. The molecule has 5 heteroatoms. The van der Waals surface area contributed by atoms with Crippen molar-refractivity contribution < 1.29 is 24.2 Å². The van der Waals surface area contributed by atoms with Gasteiger partial charge in [0, 0.05) is 12.8 Å². The van der Waals surface area contributed by atoms with Gasteiger partial charge in [0.05, 0.1) is 6.61 Å². The van der Waals surface area contributed by atoms with Gasteiger partial charge in [-0.15, -0.1) is 0 Å². The lowest BCUT2D eigenvalue weighted by atomic mass is 10.0. The molecular formula is C76H136O5. The Hall–Kier alpha value is -2.92. The van der Waals surface area contributed by atoms with Gasteiger partial charge in [0.2, 0.25) is 0 Å². The highest BCUT2D eigenvalue weighted by Crippen LogP contribution is 2.19. The number of rotatable bonds is 66. The first kappa shape index (κ1) is 78.1. The fraction of sp³-hybridized carbons (Fsp3) is 0.789. The largest absolute Gasteiger partial charge is 0.462 e. The number of ether oxygens (including phenoxy) is 2. The lowest BCUT2D eigenvalue weighted by molar-refractivity contribution is -0.161. The molecule has 0 bridgehead atoms. The van der Waals surface area contributed by atoms with Crippen LogP contribution in [-0.2, 0) is 19.1 Å². The number of hydrogen-bond acceptors (Lipinski definition) is 5. The van der Waals surface area contributed by atoms with Crippen LogP contribution >= 0.6 is 0 Å². The Morgan fingerprint density at radius 1 is 0.296 bits per heavy atom. The van der Waals surface area contributed by atoms with Crippen molar-refractivity contribution in [3.63, 3.8) is 0 Å². The van der Waals surface area contributed by atoms with Crippen LogP contribution in [0.2, 0.25) is 0 Å². The Morgan fingerprint density at radius 3 is 0.802 bits per heavy atom. The van der Waals surface area contributed by atoms with Crippen LogP contribution in [0, 0.1) is 0 Å². The molecule has 0 fully saturated rings. The highest BCUT2D eigenvalue weighted by molar-refractivity contribution is 5.70. The average molecular weight is 1130 g/mol. The van der Waals surface area contributed by atoms with Gasteiger partial charge in [0.15, 0.2) is 6.10 Å². The molecule has 0 aliphatic heterocycles.